The van der Waals surface area contributed by atoms with Crippen LogP contribution in [0.2, 0.25) is 0 Å². The summed E-state index contributed by atoms with van der Waals surface area (Å²) in [6.07, 6.45) is 0. The Labute approximate surface area is 99.8 Å². The van der Waals surface area contributed by atoms with Crippen molar-refractivity contribution in [1.29, 1.82) is 0 Å². The first kappa shape index (κ1) is 10.8. The molecule has 0 aliphatic rings. The molecule has 6 heteroatoms. The van der Waals surface area contributed by atoms with Gasteiger partial charge in [0, 0.05) is 0 Å². The highest BCUT2D eigenvalue weighted by Crippen LogP contribution is 2.29. The van der Waals surface area contributed by atoms with Crippen molar-refractivity contribution in [2.75, 3.05) is 6.54 Å². The van der Waals surface area contributed by atoms with Crippen molar-refractivity contribution in [2.45, 2.75) is 13.5 Å². The van der Waals surface area contributed by atoms with Gasteiger partial charge in [-0.15, -0.1) is 11.3 Å². The molecular weight excluding hydrogens is 278 g/mol. The van der Waals surface area contributed by atoms with Gasteiger partial charge in [0.05, 0.1) is 15.2 Å². The molecule has 0 saturated heterocycles. The summed E-state index contributed by atoms with van der Waals surface area (Å²) in [6.45, 7) is 3.55. The summed E-state index contributed by atoms with van der Waals surface area (Å²) in [5.74, 6) is 1.27. The zero-order chi connectivity index (χ0) is 10.7. The quantitative estimate of drug-likeness (QED) is 0.939. The van der Waals surface area contributed by atoms with Gasteiger partial charge in [0.1, 0.15) is 0 Å². The molecule has 4 nitrogen and oxygen atoms in total. The Morgan fingerprint density at radius 3 is 3.07 bits per heavy atom. The summed E-state index contributed by atoms with van der Waals surface area (Å²) in [5.41, 5.74) is 0. The molecule has 0 unspecified atom stereocenters. The molecule has 0 aromatic carbocycles. The second-order valence-electron chi connectivity index (χ2n) is 2.90. The molecular formula is C9H10BrN3OS. The maximum absolute atomic E-state index is 5.10. The molecule has 2 aromatic rings. The van der Waals surface area contributed by atoms with E-state index in [1.807, 2.05) is 19.1 Å². The van der Waals surface area contributed by atoms with Gasteiger partial charge in [0.25, 0.3) is 0 Å². The maximum atomic E-state index is 5.10. The van der Waals surface area contributed by atoms with Crippen LogP contribution in [0.15, 0.2) is 20.4 Å². The normalized spacial score (nSPS) is 10.8. The smallest absolute Gasteiger partial charge is 0.240 e. The summed E-state index contributed by atoms with van der Waals surface area (Å²) in [6, 6.07) is 3.94. The van der Waals surface area contributed by atoms with E-state index in [4.69, 9.17) is 4.52 Å². The van der Waals surface area contributed by atoms with E-state index < -0.39 is 0 Å². The number of hydrogen-bond donors (Lipinski definition) is 1. The fourth-order valence-corrected chi connectivity index (χ4v) is 2.40. The highest BCUT2D eigenvalue weighted by Gasteiger charge is 2.09. The Balaban J connectivity index is 2.13. The van der Waals surface area contributed by atoms with Crippen LogP contribution in [-0.4, -0.2) is 16.7 Å². The van der Waals surface area contributed by atoms with Gasteiger partial charge in [-0.1, -0.05) is 12.1 Å². The summed E-state index contributed by atoms with van der Waals surface area (Å²) >= 11 is 4.99. The van der Waals surface area contributed by atoms with Crippen LogP contribution in [0.1, 0.15) is 12.8 Å². The van der Waals surface area contributed by atoms with E-state index in [1.54, 1.807) is 11.3 Å². The van der Waals surface area contributed by atoms with Gasteiger partial charge >= 0.3 is 0 Å². The van der Waals surface area contributed by atoms with E-state index in [0.717, 1.165) is 15.2 Å². The van der Waals surface area contributed by atoms with E-state index in [-0.39, 0.29) is 0 Å². The number of rotatable bonds is 4. The number of aromatic nitrogens is 2. The third-order valence-corrected chi connectivity index (χ3v) is 3.41. The zero-order valence-electron chi connectivity index (χ0n) is 8.16. The minimum atomic E-state index is 0.621. The molecule has 2 aromatic heterocycles. The number of halogens is 1. The Morgan fingerprint density at radius 1 is 1.53 bits per heavy atom. The van der Waals surface area contributed by atoms with Gasteiger partial charge in [-0.25, -0.2) is 0 Å². The maximum Gasteiger partial charge on any atom is 0.240 e. The molecule has 0 aliphatic heterocycles. The first-order chi connectivity index (χ1) is 7.29. The largest absolute Gasteiger partial charge is 0.338 e. The molecule has 0 spiro atoms. The Kier molecular flexibility index (Phi) is 3.50. The second kappa shape index (κ2) is 4.87. The van der Waals surface area contributed by atoms with Crippen molar-refractivity contribution in [2.24, 2.45) is 0 Å². The fraction of sp³-hybridized carbons (Fsp3) is 0.333. The van der Waals surface area contributed by atoms with Crippen LogP contribution >= 0.6 is 27.3 Å². The SMILES string of the molecule is CCNCc1nc(-c2ccc(Br)s2)no1. The van der Waals surface area contributed by atoms with E-state index in [2.05, 4.69) is 31.4 Å². The highest BCUT2D eigenvalue weighted by molar-refractivity contribution is 9.11. The average Bonchev–Trinajstić information content (AvgIpc) is 2.83. The fourth-order valence-electron chi connectivity index (χ4n) is 1.09. The lowest BCUT2D eigenvalue weighted by Crippen LogP contribution is -2.11. The topological polar surface area (TPSA) is 51.0 Å². The number of thiophene rings is 1. The molecule has 1 N–H and O–H groups in total. The molecule has 2 heterocycles. The van der Waals surface area contributed by atoms with Crippen molar-refractivity contribution in [3.63, 3.8) is 0 Å². The van der Waals surface area contributed by atoms with E-state index >= 15 is 0 Å². The lowest BCUT2D eigenvalue weighted by Gasteiger charge is -1.92. The molecule has 0 fully saturated rings. The number of nitrogens with zero attached hydrogens (tertiary/aromatic N) is 2. The lowest BCUT2D eigenvalue weighted by atomic mass is 10.4. The molecule has 0 radical (unpaired) electrons. The molecule has 0 saturated carbocycles. The second-order valence-corrected chi connectivity index (χ2v) is 5.36. The molecule has 2 rings (SSSR count). The highest BCUT2D eigenvalue weighted by atomic mass is 79.9. The summed E-state index contributed by atoms with van der Waals surface area (Å²) < 4.78 is 6.16. The molecule has 0 atom stereocenters. The first-order valence-corrected chi connectivity index (χ1v) is 6.19. The number of hydrogen-bond acceptors (Lipinski definition) is 5. The molecule has 80 valence electrons. The summed E-state index contributed by atoms with van der Waals surface area (Å²) in [7, 11) is 0. The van der Waals surface area contributed by atoms with Gasteiger partial charge in [0.15, 0.2) is 0 Å². The molecule has 15 heavy (non-hydrogen) atoms. The first-order valence-electron chi connectivity index (χ1n) is 4.58. The third kappa shape index (κ3) is 2.64. The zero-order valence-corrected chi connectivity index (χ0v) is 10.6. The van der Waals surface area contributed by atoms with E-state index in [0.29, 0.717) is 18.3 Å². The van der Waals surface area contributed by atoms with Gasteiger partial charge in [-0.05, 0) is 34.6 Å². The van der Waals surface area contributed by atoms with E-state index in [1.165, 1.54) is 0 Å². The van der Waals surface area contributed by atoms with Crippen molar-refractivity contribution < 1.29 is 4.52 Å². The van der Waals surface area contributed by atoms with Crippen LogP contribution in [0, 0.1) is 0 Å². The predicted octanol–water partition coefficient (Wildman–Crippen LogP) is 2.67. The molecule has 0 aliphatic carbocycles. The van der Waals surface area contributed by atoms with Crippen LogP contribution in [-0.2, 0) is 6.54 Å². The predicted molar refractivity (Wildman–Crippen MR) is 62.7 cm³/mol. The van der Waals surface area contributed by atoms with Crippen LogP contribution in [0.3, 0.4) is 0 Å². The lowest BCUT2D eigenvalue weighted by molar-refractivity contribution is 0.369. The van der Waals surface area contributed by atoms with Gasteiger partial charge in [0.2, 0.25) is 11.7 Å². The van der Waals surface area contributed by atoms with Gasteiger partial charge in [-0.2, -0.15) is 4.98 Å². The van der Waals surface area contributed by atoms with Gasteiger partial charge in [-0.3, -0.25) is 0 Å². The van der Waals surface area contributed by atoms with Crippen molar-refractivity contribution in [3.8, 4) is 10.7 Å². The standard InChI is InChI=1S/C9H10BrN3OS/c1-2-11-5-8-12-9(13-14-8)6-3-4-7(10)15-6/h3-4,11H,2,5H2,1H3. The van der Waals surface area contributed by atoms with Crippen LogP contribution in [0.4, 0.5) is 0 Å². The molecule has 0 amide bonds. The van der Waals surface area contributed by atoms with Crippen LogP contribution in [0.5, 0.6) is 0 Å². The Morgan fingerprint density at radius 2 is 2.40 bits per heavy atom. The average molecular weight is 288 g/mol. The summed E-state index contributed by atoms with van der Waals surface area (Å²) in [4.78, 5) is 5.29. The Hall–Kier alpha value is -0.720. The summed E-state index contributed by atoms with van der Waals surface area (Å²) in [5, 5.41) is 7.05. The van der Waals surface area contributed by atoms with Crippen LogP contribution < -0.4 is 5.32 Å². The van der Waals surface area contributed by atoms with Gasteiger partial charge < -0.3 is 9.84 Å². The van der Waals surface area contributed by atoms with Crippen molar-refractivity contribution in [1.82, 2.24) is 15.5 Å². The third-order valence-electron chi connectivity index (χ3n) is 1.79. The van der Waals surface area contributed by atoms with Crippen molar-refractivity contribution in [3.05, 3.63) is 21.8 Å². The minimum Gasteiger partial charge on any atom is -0.338 e. The minimum absolute atomic E-state index is 0.621. The van der Waals surface area contributed by atoms with Crippen LogP contribution in [0.25, 0.3) is 10.7 Å². The Bertz CT molecular complexity index is 440. The van der Waals surface area contributed by atoms with Crippen molar-refractivity contribution >= 4 is 27.3 Å². The van der Waals surface area contributed by atoms with E-state index in [9.17, 15) is 0 Å². The number of nitrogens with one attached hydrogen (secondary N) is 1. The molecule has 0 bridgehead atoms. The monoisotopic (exact) mass is 287 g/mol.